The third-order valence-corrected chi connectivity index (χ3v) is 6.11. The predicted molar refractivity (Wildman–Crippen MR) is 143 cm³/mol. The summed E-state index contributed by atoms with van der Waals surface area (Å²) >= 11 is 0. The highest BCUT2D eigenvalue weighted by molar-refractivity contribution is 5.84. The number of benzene rings is 4. The summed E-state index contributed by atoms with van der Waals surface area (Å²) in [4.78, 5) is 18.9. The number of hydrogen-bond donors (Lipinski definition) is 0. The van der Waals surface area contributed by atoms with E-state index in [1.54, 1.807) is 0 Å². The van der Waals surface area contributed by atoms with Crippen LogP contribution in [0.15, 0.2) is 95.4 Å². The average molecular weight is 497 g/mol. The van der Waals surface area contributed by atoms with Gasteiger partial charge < -0.3 is 23.5 Å². The summed E-state index contributed by atoms with van der Waals surface area (Å²) in [5.41, 5.74) is 2.53. The SMILES string of the molecule is COC(=O)C(Cc1ccc(OCCN(C)c2nc3ccccc3o2)cc1)Oc1ccc2ccccc2c1. The zero-order chi connectivity index (χ0) is 25.6. The first kappa shape index (κ1) is 24.2. The van der Waals surface area contributed by atoms with E-state index in [0.29, 0.717) is 31.3 Å². The fourth-order valence-corrected chi connectivity index (χ4v) is 4.06. The predicted octanol–water partition coefficient (Wildman–Crippen LogP) is 5.66. The second kappa shape index (κ2) is 11.0. The Morgan fingerprint density at radius 3 is 2.43 bits per heavy atom. The molecular weight excluding hydrogens is 468 g/mol. The van der Waals surface area contributed by atoms with Crippen LogP contribution >= 0.6 is 0 Å². The molecule has 0 aliphatic carbocycles. The number of hydrogen-bond acceptors (Lipinski definition) is 7. The molecule has 7 nitrogen and oxygen atoms in total. The molecule has 1 atom stereocenters. The lowest BCUT2D eigenvalue weighted by atomic mass is 10.1. The Hall–Kier alpha value is -4.52. The third-order valence-electron chi connectivity index (χ3n) is 6.11. The van der Waals surface area contributed by atoms with E-state index in [-0.39, 0.29) is 0 Å². The van der Waals surface area contributed by atoms with E-state index in [1.165, 1.54) is 7.11 Å². The van der Waals surface area contributed by atoms with Crippen LogP contribution in [-0.2, 0) is 16.0 Å². The van der Waals surface area contributed by atoms with Crippen molar-refractivity contribution in [2.75, 3.05) is 32.2 Å². The van der Waals surface area contributed by atoms with Gasteiger partial charge in [-0.1, -0.05) is 54.6 Å². The molecule has 0 spiro atoms. The van der Waals surface area contributed by atoms with Crippen molar-refractivity contribution >= 4 is 33.9 Å². The summed E-state index contributed by atoms with van der Waals surface area (Å²) in [5, 5.41) is 2.16. The molecule has 0 amide bonds. The molecule has 1 aromatic heterocycles. The topological polar surface area (TPSA) is 74.0 Å². The number of rotatable bonds is 10. The molecular formula is C30H28N2O5. The minimum atomic E-state index is -0.761. The van der Waals surface area contributed by atoms with Crippen LogP contribution in [0.2, 0.25) is 0 Å². The lowest BCUT2D eigenvalue weighted by Crippen LogP contribution is -2.30. The van der Waals surface area contributed by atoms with Gasteiger partial charge in [0.25, 0.3) is 6.01 Å². The smallest absolute Gasteiger partial charge is 0.347 e. The van der Waals surface area contributed by atoms with Crippen LogP contribution in [0.3, 0.4) is 0 Å². The lowest BCUT2D eigenvalue weighted by Gasteiger charge is -2.18. The number of aromatic nitrogens is 1. The largest absolute Gasteiger partial charge is 0.492 e. The Labute approximate surface area is 215 Å². The molecule has 37 heavy (non-hydrogen) atoms. The number of carbonyl (C=O) groups is 1. The first-order chi connectivity index (χ1) is 18.1. The molecule has 5 aromatic rings. The molecule has 4 aromatic carbocycles. The molecule has 0 N–H and O–H groups in total. The average Bonchev–Trinajstić information content (AvgIpc) is 3.38. The van der Waals surface area contributed by atoms with Gasteiger partial charge in [0.05, 0.1) is 13.7 Å². The minimum absolute atomic E-state index is 0.375. The maximum Gasteiger partial charge on any atom is 0.347 e. The fraction of sp³-hybridized carbons (Fsp3) is 0.200. The molecule has 1 heterocycles. The van der Waals surface area contributed by atoms with Crippen molar-refractivity contribution in [1.82, 2.24) is 4.98 Å². The van der Waals surface area contributed by atoms with Crippen molar-refractivity contribution in [3.8, 4) is 11.5 Å². The van der Waals surface area contributed by atoms with E-state index in [1.807, 2.05) is 103 Å². The lowest BCUT2D eigenvalue weighted by molar-refractivity contribution is -0.148. The van der Waals surface area contributed by atoms with Crippen molar-refractivity contribution in [1.29, 1.82) is 0 Å². The van der Waals surface area contributed by atoms with Gasteiger partial charge in [0, 0.05) is 13.5 Å². The number of anilines is 1. The molecule has 0 fully saturated rings. The van der Waals surface area contributed by atoms with E-state index < -0.39 is 12.1 Å². The van der Waals surface area contributed by atoms with Crippen LogP contribution in [0.4, 0.5) is 6.01 Å². The number of fused-ring (bicyclic) bond motifs is 2. The second-order valence-corrected chi connectivity index (χ2v) is 8.72. The van der Waals surface area contributed by atoms with Gasteiger partial charge in [-0.05, 0) is 52.7 Å². The molecule has 0 saturated heterocycles. The summed E-state index contributed by atoms with van der Waals surface area (Å²) in [6, 6.07) is 29.7. The Morgan fingerprint density at radius 2 is 1.65 bits per heavy atom. The van der Waals surface area contributed by atoms with Crippen LogP contribution in [-0.4, -0.2) is 44.4 Å². The first-order valence-corrected chi connectivity index (χ1v) is 12.1. The molecule has 0 saturated carbocycles. The second-order valence-electron chi connectivity index (χ2n) is 8.72. The molecule has 0 radical (unpaired) electrons. The highest BCUT2D eigenvalue weighted by atomic mass is 16.6. The molecule has 1 unspecified atom stereocenters. The molecule has 7 heteroatoms. The number of ether oxygens (including phenoxy) is 3. The first-order valence-electron chi connectivity index (χ1n) is 12.1. The highest BCUT2D eigenvalue weighted by Crippen LogP contribution is 2.24. The van der Waals surface area contributed by atoms with Crippen molar-refractivity contribution in [2.45, 2.75) is 12.5 Å². The molecule has 0 aliphatic heterocycles. The van der Waals surface area contributed by atoms with Crippen LogP contribution in [0, 0.1) is 0 Å². The van der Waals surface area contributed by atoms with Crippen LogP contribution < -0.4 is 14.4 Å². The van der Waals surface area contributed by atoms with Gasteiger partial charge in [-0.15, -0.1) is 0 Å². The van der Waals surface area contributed by atoms with Gasteiger partial charge >= 0.3 is 5.97 Å². The van der Waals surface area contributed by atoms with Crippen molar-refractivity contribution in [3.05, 3.63) is 96.6 Å². The quantitative estimate of drug-likeness (QED) is 0.231. The number of carbonyl (C=O) groups excluding carboxylic acids is 1. The minimum Gasteiger partial charge on any atom is -0.492 e. The normalized spacial score (nSPS) is 11.8. The molecule has 0 bridgehead atoms. The maximum atomic E-state index is 12.4. The number of methoxy groups -OCH3 is 1. The molecule has 5 rings (SSSR count). The number of esters is 1. The van der Waals surface area contributed by atoms with E-state index in [4.69, 9.17) is 18.6 Å². The number of likely N-dealkylation sites (N-methyl/N-ethyl adjacent to an activating group) is 1. The van der Waals surface area contributed by atoms with Crippen molar-refractivity contribution < 1.29 is 23.4 Å². The summed E-state index contributed by atoms with van der Waals surface area (Å²) in [7, 11) is 3.29. The summed E-state index contributed by atoms with van der Waals surface area (Å²) in [6.45, 7) is 1.07. The van der Waals surface area contributed by atoms with E-state index in [9.17, 15) is 4.79 Å². The number of oxazole rings is 1. The third kappa shape index (κ3) is 5.83. The Bertz CT molecular complexity index is 1460. The summed E-state index contributed by atoms with van der Waals surface area (Å²) in [6.07, 6.45) is -0.386. The maximum absolute atomic E-state index is 12.4. The highest BCUT2D eigenvalue weighted by Gasteiger charge is 2.22. The van der Waals surface area contributed by atoms with Gasteiger partial charge in [0.2, 0.25) is 0 Å². The van der Waals surface area contributed by atoms with Crippen LogP contribution in [0.5, 0.6) is 11.5 Å². The van der Waals surface area contributed by atoms with E-state index >= 15 is 0 Å². The number of para-hydroxylation sites is 2. The Morgan fingerprint density at radius 1 is 0.919 bits per heavy atom. The van der Waals surface area contributed by atoms with Gasteiger partial charge in [0.1, 0.15) is 23.6 Å². The zero-order valence-corrected chi connectivity index (χ0v) is 20.8. The van der Waals surface area contributed by atoms with Gasteiger partial charge in [-0.2, -0.15) is 4.98 Å². The van der Waals surface area contributed by atoms with Crippen molar-refractivity contribution in [3.63, 3.8) is 0 Å². The van der Waals surface area contributed by atoms with Gasteiger partial charge in [-0.3, -0.25) is 0 Å². The monoisotopic (exact) mass is 496 g/mol. The van der Waals surface area contributed by atoms with Gasteiger partial charge in [-0.25, -0.2) is 4.79 Å². The Kier molecular flexibility index (Phi) is 7.21. The standard InChI is InChI=1S/C30H28N2O5/c1-32(30-31-26-9-5-6-10-27(26)37-30)17-18-35-24-14-11-21(12-15-24)19-28(29(33)34-2)36-25-16-13-22-7-3-4-8-23(22)20-25/h3-16,20,28H,17-19H2,1-2H3. The zero-order valence-electron chi connectivity index (χ0n) is 20.8. The summed E-state index contributed by atoms with van der Waals surface area (Å²) < 4.78 is 22.7. The molecule has 188 valence electrons. The van der Waals surface area contributed by atoms with Gasteiger partial charge in [0.15, 0.2) is 11.7 Å². The van der Waals surface area contributed by atoms with E-state index in [0.717, 1.165) is 33.2 Å². The van der Waals surface area contributed by atoms with Crippen LogP contribution in [0.1, 0.15) is 5.56 Å². The Balaban J connectivity index is 1.17. The van der Waals surface area contributed by atoms with E-state index in [2.05, 4.69) is 4.98 Å². The fourth-order valence-electron chi connectivity index (χ4n) is 4.06. The molecule has 0 aliphatic rings. The van der Waals surface area contributed by atoms with Crippen molar-refractivity contribution in [2.24, 2.45) is 0 Å². The van der Waals surface area contributed by atoms with Crippen LogP contribution in [0.25, 0.3) is 21.9 Å². The number of nitrogens with zero attached hydrogens (tertiary/aromatic N) is 2. The summed E-state index contributed by atoms with van der Waals surface area (Å²) in [5.74, 6) is 0.938.